The molecule has 0 bridgehead atoms. The van der Waals surface area contributed by atoms with Crippen LogP contribution in [0.2, 0.25) is 0 Å². The van der Waals surface area contributed by atoms with Crippen molar-refractivity contribution in [2.24, 2.45) is 4.40 Å². The third-order valence-electron chi connectivity index (χ3n) is 5.69. The second kappa shape index (κ2) is 9.05. The van der Waals surface area contributed by atoms with E-state index >= 15 is 0 Å². The minimum absolute atomic E-state index is 0.0621. The van der Waals surface area contributed by atoms with Crippen molar-refractivity contribution < 1.29 is 18.0 Å². The second-order valence-corrected chi connectivity index (χ2v) is 9.61. The van der Waals surface area contributed by atoms with Crippen LogP contribution in [0.25, 0.3) is 0 Å². The highest BCUT2D eigenvalue weighted by Crippen LogP contribution is 2.18. The fourth-order valence-electron chi connectivity index (χ4n) is 3.92. The summed E-state index contributed by atoms with van der Waals surface area (Å²) in [7, 11) is -3.42. The first-order chi connectivity index (χ1) is 14.9. The Morgan fingerprint density at radius 3 is 2.39 bits per heavy atom. The highest BCUT2D eigenvalue weighted by molar-refractivity contribution is 7.90. The van der Waals surface area contributed by atoms with Gasteiger partial charge in [-0.05, 0) is 30.6 Å². The van der Waals surface area contributed by atoms with E-state index in [1.165, 1.54) is 5.56 Å². The van der Waals surface area contributed by atoms with Crippen molar-refractivity contribution in [2.45, 2.75) is 19.3 Å². The van der Waals surface area contributed by atoms with Crippen molar-refractivity contribution in [3.05, 3.63) is 59.8 Å². The molecule has 1 aromatic carbocycles. The quantitative estimate of drug-likeness (QED) is 0.683. The molecule has 0 aliphatic carbocycles. The average Bonchev–Trinajstić information content (AvgIpc) is 2.78. The number of carbonyl (C=O) groups is 2. The molecule has 3 aliphatic rings. The first kappa shape index (κ1) is 21.3. The highest BCUT2D eigenvalue weighted by Gasteiger charge is 2.29. The number of carbonyl (C=O) groups excluding carboxylic acids is 2. The number of hydrogen-bond acceptors (Lipinski definition) is 5. The maximum absolute atomic E-state index is 12.9. The molecule has 4 rings (SSSR count). The van der Waals surface area contributed by atoms with E-state index in [4.69, 9.17) is 0 Å². The molecule has 8 nitrogen and oxygen atoms in total. The standard InChI is InChI=1S/C22H26N4O4S/c27-21(8-4-7-18-5-2-1-3-6-18)24-11-13-25(14-12-24)22(28)19-9-10-20-23-31(29,30)16-15-26(20)17-19/h1-3,5-6,9-10,17H,4,7-8,11-16H2. The summed E-state index contributed by atoms with van der Waals surface area (Å²) in [6.45, 7) is 2.32. The maximum atomic E-state index is 12.9. The SMILES string of the molecule is O=C(CCCc1ccccc1)N1CCN(C(=O)C2=CN3CCS(=O)(=O)N=C3C=C2)CC1. The number of rotatable bonds is 5. The van der Waals surface area contributed by atoms with Crippen LogP contribution in [-0.4, -0.2) is 79.2 Å². The highest BCUT2D eigenvalue weighted by atomic mass is 32.2. The first-order valence-corrected chi connectivity index (χ1v) is 12.1. The Balaban J connectivity index is 1.26. The largest absolute Gasteiger partial charge is 0.339 e. The van der Waals surface area contributed by atoms with Gasteiger partial charge in [0.05, 0.1) is 11.3 Å². The third kappa shape index (κ3) is 5.22. The predicted octanol–water partition coefficient (Wildman–Crippen LogP) is 1.18. The van der Waals surface area contributed by atoms with Gasteiger partial charge in [-0.1, -0.05) is 30.3 Å². The van der Waals surface area contributed by atoms with Crippen molar-refractivity contribution in [3.8, 4) is 0 Å². The van der Waals surface area contributed by atoms with Gasteiger partial charge < -0.3 is 14.7 Å². The normalized spacial score (nSPS) is 20.1. The Hall–Kier alpha value is -2.94. The zero-order chi connectivity index (χ0) is 21.8. The van der Waals surface area contributed by atoms with Gasteiger partial charge in [0, 0.05) is 45.3 Å². The van der Waals surface area contributed by atoms with Crippen molar-refractivity contribution in [2.75, 3.05) is 38.5 Å². The number of nitrogens with zero attached hydrogens (tertiary/aromatic N) is 4. The Kier molecular flexibility index (Phi) is 6.22. The molecular weight excluding hydrogens is 416 g/mol. The molecule has 3 heterocycles. The van der Waals surface area contributed by atoms with Gasteiger partial charge >= 0.3 is 0 Å². The number of hydrogen-bond donors (Lipinski definition) is 0. The summed E-state index contributed by atoms with van der Waals surface area (Å²) >= 11 is 0. The zero-order valence-corrected chi connectivity index (χ0v) is 18.1. The molecule has 0 radical (unpaired) electrons. The molecule has 3 aliphatic heterocycles. The Morgan fingerprint density at radius 1 is 0.935 bits per heavy atom. The molecular formula is C22H26N4O4S. The minimum atomic E-state index is -3.42. The van der Waals surface area contributed by atoms with E-state index in [1.54, 1.807) is 28.2 Å². The number of fused-ring (bicyclic) bond motifs is 1. The predicted molar refractivity (Wildman–Crippen MR) is 118 cm³/mol. The summed E-state index contributed by atoms with van der Waals surface area (Å²) in [6.07, 6.45) is 7.05. The van der Waals surface area contributed by atoms with Crippen LogP contribution in [0.15, 0.2) is 58.7 Å². The summed E-state index contributed by atoms with van der Waals surface area (Å²) in [5, 5.41) is 0. The minimum Gasteiger partial charge on any atom is -0.339 e. The lowest BCUT2D eigenvalue weighted by Crippen LogP contribution is -2.51. The lowest BCUT2D eigenvalue weighted by atomic mass is 10.1. The van der Waals surface area contributed by atoms with Crippen LogP contribution in [0.5, 0.6) is 0 Å². The van der Waals surface area contributed by atoms with E-state index in [0.29, 0.717) is 44.0 Å². The Morgan fingerprint density at radius 2 is 1.65 bits per heavy atom. The monoisotopic (exact) mass is 442 g/mol. The van der Waals surface area contributed by atoms with Gasteiger partial charge in [-0.15, -0.1) is 4.40 Å². The average molecular weight is 443 g/mol. The summed E-state index contributed by atoms with van der Waals surface area (Å²) in [4.78, 5) is 30.7. The molecule has 0 aromatic heterocycles. The van der Waals surface area contributed by atoms with Gasteiger partial charge in [0.25, 0.3) is 15.9 Å². The van der Waals surface area contributed by atoms with Crippen LogP contribution in [0, 0.1) is 0 Å². The van der Waals surface area contributed by atoms with Crippen molar-refractivity contribution in [3.63, 3.8) is 0 Å². The lowest BCUT2D eigenvalue weighted by Gasteiger charge is -2.36. The number of benzene rings is 1. The lowest BCUT2D eigenvalue weighted by molar-refractivity contribution is -0.137. The van der Waals surface area contributed by atoms with Gasteiger partial charge in [-0.25, -0.2) is 8.42 Å². The van der Waals surface area contributed by atoms with Gasteiger partial charge in [-0.2, -0.15) is 0 Å². The van der Waals surface area contributed by atoms with Crippen LogP contribution in [-0.2, 0) is 26.0 Å². The molecule has 0 atom stereocenters. The molecule has 9 heteroatoms. The zero-order valence-electron chi connectivity index (χ0n) is 17.3. The topological polar surface area (TPSA) is 90.4 Å². The third-order valence-corrected chi connectivity index (χ3v) is 6.85. The van der Waals surface area contributed by atoms with E-state index in [2.05, 4.69) is 16.5 Å². The van der Waals surface area contributed by atoms with Crippen LogP contribution in [0.3, 0.4) is 0 Å². The molecule has 0 saturated carbocycles. The van der Waals surface area contributed by atoms with Gasteiger partial charge in [-0.3, -0.25) is 9.59 Å². The van der Waals surface area contributed by atoms with Crippen molar-refractivity contribution in [1.82, 2.24) is 14.7 Å². The molecule has 1 saturated heterocycles. The molecule has 2 amide bonds. The van der Waals surface area contributed by atoms with E-state index < -0.39 is 10.0 Å². The number of aryl methyl sites for hydroxylation is 1. The van der Waals surface area contributed by atoms with Crippen LogP contribution >= 0.6 is 0 Å². The van der Waals surface area contributed by atoms with Crippen LogP contribution < -0.4 is 0 Å². The molecule has 0 N–H and O–H groups in total. The second-order valence-electron chi connectivity index (χ2n) is 7.86. The van der Waals surface area contributed by atoms with E-state index in [-0.39, 0.29) is 24.1 Å². The van der Waals surface area contributed by atoms with Crippen LogP contribution in [0.1, 0.15) is 18.4 Å². The number of amides is 2. The summed E-state index contributed by atoms with van der Waals surface area (Å²) in [6, 6.07) is 10.1. The molecule has 1 fully saturated rings. The molecule has 31 heavy (non-hydrogen) atoms. The summed E-state index contributed by atoms with van der Waals surface area (Å²) < 4.78 is 27.0. The van der Waals surface area contributed by atoms with Crippen LogP contribution in [0.4, 0.5) is 0 Å². The number of amidine groups is 1. The molecule has 0 spiro atoms. The summed E-state index contributed by atoms with van der Waals surface area (Å²) in [5.74, 6) is 0.303. The first-order valence-electron chi connectivity index (χ1n) is 10.5. The van der Waals surface area contributed by atoms with E-state index in [0.717, 1.165) is 12.8 Å². The fraction of sp³-hybridized carbons (Fsp3) is 0.409. The number of sulfonamides is 1. The maximum Gasteiger partial charge on any atom is 0.256 e. The van der Waals surface area contributed by atoms with E-state index in [1.807, 2.05) is 23.1 Å². The Labute approximate surface area is 182 Å². The van der Waals surface area contributed by atoms with Gasteiger partial charge in [0.15, 0.2) is 0 Å². The molecule has 1 aromatic rings. The van der Waals surface area contributed by atoms with E-state index in [9.17, 15) is 18.0 Å². The fourth-order valence-corrected chi connectivity index (χ4v) is 4.88. The van der Waals surface area contributed by atoms with Crippen molar-refractivity contribution >= 4 is 27.7 Å². The smallest absolute Gasteiger partial charge is 0.256 e. The molecule has 164 valence electrons. The van der Waals surface area contributed by atoms with Crippen molar-refractivity contribution in [1.29, 1.82) is 0 Å². The Bertz CT molecular complexity index is 1040. The molecule has 0 unspecified atom stereocenters. The summed E-state index contributed by atoms with van der Waals surface area (Å²) in [5.41, 5.74) is 1.74. The van der Waals surface area contributed by atoms with Gasteiger partial charge in [0.1, 0.15) is 5.84 Å². The number of piperazine rings is 1. The van der Waals surface area contributed by atoms with Gasteiger partial charge in [0.2, 0.25) is 5.91 Å².